The van der Waals surface area contributed by atoms with E-state index in [1.165, 1.54) is 0 Å². The zero-order chi connectivity index (χ0) is 14.4. The van der Waals surface area contributed by atoms with Crippen LogP contribution in [0.2, 0.25) is 0 Å². The lowest BCUT2D eigenvalue weighted by Gasteiger charge is -2.11. The van der Waals surface area contributed by atoms with E-state index >= 15 is 0 Å². The molecule has 0 bridgehead atoms. The average Bonchev–Trinajstić information content (AvgIpc) is 2.32. The second-order valence-corrected chi connectivity index (χ2v) is 4.58. The smallest absolute Gasteiger partial charge is 0.305 e. The first-order chi connectivity index (χ1) is 8.47. The molecule has 5 nitrogen and oxygen atoms in total. The lowest BCUT2D eigenvalue weighted by Crippen LogP contribution is -2.26. The van der Waals surface area contributed by atoms with Crippen LogP contribution in [0.5, 0.6) is 0 Å². The number of primary amides is 1. The maximum absolute atomic E-state index is 11.2. The Hall–Kier alpha value is -1.10. The number of hydrogen-bond donors (Lipinski definition) is 2. The van der Waals surface area contributed by atoms with Crippen molar-refractivity contribution in [1.82, 2.24) is 5.32 Å². The Kier molecular flexibility index (Phi) is 14.9. The summed E-state index contributed by atoms with van der Waals surface area (Å²) < 4.78 is 5.07. The molecule has 0 aliphatic rings. The number of amides is 1. The van der Waals surface area contributed by atoms with Gasteiger partial charge in [0.25, 0.3) is 0 Å². The van der Waals surface area contributed by atoms with Crippen LogP contribution in [-0.4, -0.2) is 31.6 Å². The van der Waals surface area contributed by atoms with Gasteiger partial charge in [0.05, 0.1) is 6.61 Å². The predicted molar refractivity (Wildman–Crippen MR) is 73.0 cm³/mol. The van der Waals surface area contributed by atoms with Gasteiger partial charge in [-0.2, -0.15) is 0 Å². The van der Waals surface area contributed by atoms with Crippen molar-refractivity contribution in [1.29, 1.82) is 0 Å². The second-order valence-electron chi connectivity index (χ2n) is 4.58. The first-order valence-corrected chi connectivity index (χ1v) is 6.52. The third kappa shape index (κ3) is 17.3. The summed E-state index contributed by atoms with van der Waals surface area (Å²) in [6.45, 7) is 9.81. The van der Waals surface area contributed by atoms with E-state index in [1.54, 1.807) is 0 Å². The van der Waals surface area contributed by atoms with E-state index in [0.717, 1.165) is 19.4 Å². The quantitative estimate of drug-likeness (QED) is 0.393. The molecular formula is C13H28N2O3. The molecule has 108 valence electrons. The van der Waals surface area contributed by atoms with Crippen molar-refractivity contribution in [3.8, 4) is 0 Å². The maximum Gasteiger partial charge on any atom is 0.305 e. The fraction of sp³-hybridized carbons (Fsp3) is 0.846. The normalized spacial score (nSPS) is 11.4. The van der Waals surface area contributed by atoms with Crippen molar-refractivity contribution < 1.29 is 14.3 Å². The minimum atomic E-state index is -0.0744. The van der Waals surface area contributed by atoms with Crippen LogP contribution in [0.15, 0.2) is 0 Å². The van der Waals surface area contributed by atoms with Gasteiger partial charge < -0.3 is 15.8 Å². The molecule has 5 heteroatoms. The van der Waals surface area contributed by atoms with E-state index in [4.69, 9.17) is 9.53 Å². The highest BCUT2D eigenvalue weighted by Crippen LogP contribution is 1.97. The fourth-order valence-electron chi connectivity index (χ4n) is 1.06. The SMILES string of the molecule is CCC(C)NCCCC(=O)OCC(C)C.NC=O. The van der Waals surface area contributed by atoms with Gasteiger partial charge in [0.15, 0.2) is 0 Å². The van der Waals surface area contributed by atoms with E-state index in [1.807, 2.05) is 13.8 Å². The highest BCUT2D eigenvalue weighted by atomic mass is 16.5. The van der Waals surface area contributed by atoms with Gasteiger partial charge in [-0.25, -0.2) is 0 Å². The molecule has 0 aromatic heterocycles. The standard InChI is InChI=1S/C12H25NO2.CH3NO/c1-5-11(4)13-8-6-7-12(14)15-9-10(2)3;2-1-3/h10-11,13H,5-9H2,1-4H3;1H,(H2,2,3). The summed E-state index contributed by atoms with van der Waals surface area (Å²) in [5.41, 5.74) is 4.17. The number of carbonyl (C=O) groups excluding carboxylic acids is 2. The minimum absolute atomic E-state index is 0.0744. The van der Waals surface area contributed by atoms with E-state index in [0.29, 0.717) is 25.0 Å². The lowest BCUT2D eigenvalue weighted by atomic mass is 10.2. The molecule has 18 heavy (non-hydrogen) atoms. The van der Waals surface area contributed by atoms with Crippen molar-refractivity contribution in [2.45, 2.75) is 53.0 Å². The van der Waals surface area contributed by atoms with E-state index in [-0.39, 0.29) is 12.4 Å². The molecule has 0 rings (SSSR count). The largest absolute Gasteiger partial charge is 0.465 e. The van der Waals surface area contributed by atoms with Crippen LogP contribution < -0.4 is 11.1 Å². The Balaban J connectivity index is 0. The van der Waals surface area contributed by atoms with Crippen LogP contribution in [-0.2, 0) is 14.3 Å². The van der Waals surface area contributed by atoms with Crippen molar-refractivity contribution in [3.63, 3.8) is 0 Å². The first kappa shape index (κ1) is 19.2. The lowest BCUT2D eigenvalue weighted by molar-refractivity contribution is -0.144. The molecule has 0 radical (unpaired) electrons. The Bertz CT molecular complexity index is 208. The molecule has 0 heterocycles. The molecule has 0 saturated heterocycles. The number of ether oxygens (including phenoxy) is 1. The van der Waals surface area contributed by atoms with Crippen LogP contribution in [0.25, 0.3) is 0 Å². The summed E-state index contributed by atoms with van der Waals surface area (Å²) in [6.07, 6.45) is 2.76. The predicted octanol–water partition coefficient (Wildman–Crippen LogP) is 1.46. The highest BCUT2D eigenvalue weighted by molar-refractivity contribution is 5.69. The van der Waals surface area contributed by atoms with Crippen LogP contribution >= 0.6 is 0 Å². The summed E-state index contributed by atoms with van der Waals surface area (Å²) in [7, 11) is 0. The van der Waals surface area contributed by atoms with Crippen molar-refractivity contribution in [2.24, 2.45) is 11.7 Å². The van der Waals surface area contributed by atoms with Gasteiger partial charge in [-0.1, -0.05) is 20.8 Å². The monoisotopic (exact) mass is 260 g/mol. The van der Waals surface area contributed by atoms with Crippen molar-refractivity contribution in [3.05, 3.63) is 0 Å². The summed E-state index contributed by atoms with van der Waals surface area (Å²) in [5, 5.41) is 3.34. The Morgan fingerprint density at radius 2 is 1.94 bits per heavy atom. The Labute approximate surface area is 110 Å². The van der Waals surface area contributed by atoms with Gasteiger partial charge in [-0.3, -0.25) is 9.59 Å². The first-order valence-electron chi connectivity index (χ1n) is 6.52. The van der Waals surface area contributed by atoms with Gasteiger partial charge in [0, 0.05) is 12.5 Å². The molecule has 0 aromatic rings. The molecule has 3 N–H and O–H groups in total. The number of rotatable bonds is 8. The molecule has 0 saturated carbocycles. The summed E-state index contributed by atoms with van der Waals surface area (Å²) in [5.74, 6) is 0.349. The van der Waals surface area contributed by atoms with Crippen LogP contribution in [0.3, 0.4) is 0 Å². The topological polar surface area (TPSA) is 81.4 Å². The zero-order valence-corrected chi connectivity index (χ0v) is 12.1. The van der Waals surface area contributed by atoms with E-state index in [2.05, 4.69) is 24.9 Å². The molecule has 0 spiro atoms. The van der Waals surface area contributed by atoms with Crippen molar-refractivity contribution in [2.75, 3.05) is 13.2 Å². The number of esters is 1. The van der Waals surface area contributed by atoms with Crippen LogP contribution in [0, 0.1) is 5.92 Å². The molecule has 0 aliphatic heterocycles. The highest BCUT2D eigenvalue weighted by Gasteiger charge is 2.04. The van der Waals surface area contributed by atoms with Gasteiger partial charge in [0.2, 0.25) is 6.41 Å². The average molecular weight is 260 g/mol. The second kappa shape index (κ2) is 14.0. The zero-order valence-electron chi connectivity index (χ0n) is 12.1. The van der Waals surface area contributed by atoms with Crippen LogP contribution in [0.1, 0.15) is 47.0 Å². The molecule has 1 amide bonds. The Morgan fingerprint density at radius 1 is 1.39 bits per heavy atom. The molecule has 0 aromatic carbocycles. The number of carbonyl (C=O) groups is 2. The minimum Gasteiger partial charge on any atom is -0.465 e. The van der Waals surface area contributed by atoms with Crippen LogP contribution in [0.4, 0.5) is 0 Å². The maximum atomic E-state index is 11.2. The molecule has 1 atom stereocenters. The molecular weight excluding hydrogens is 232 g/mol. The van der Waals surface area contributed by atoms with E-state index < -0.39 is 0 Å². The summed E-state index contributed by atoms with van der Waals surface area (Å²) in [4.78, 5) is 19.8. The third-order valence-electron chi connectivity index (χ3n) is 2.24. The van der Waals surface area contributed by atoms with Crippen molar-refractivity contribution >= 4 is 12.4 Å². The number of nitrogens with one attached hydrogen (secondary N) is 1. The van der Waals surface area contributed by atoms with Gasteiger partial charge in [-0.05, 0) is 32.2 Å². The molecule has 0 fully saturated rings. The Morgan fingerprint density at radius 3 is 2.39 bits per heavy atom. The fourth-order valence-corrected chi connectivity index (χ4v) is 1.06. The summed E-state index contributed by atoms with van der Waals surface area (Å²) in [6, 6.07) is 0.539. The molecule has 0 aliphatic carbocycles. The number of hydrogen-bond acceptors (Lipinski definition) is 4. The van der Waals surface area contributed by atoms with Gasteiger partial charge in [0.1, 0.15) is 0 Å². The number of nitrogens with two attached hydrogens (primary N) is 1. The van der Waals surface area contributed by atoms with Gasteiger partial charge >= 0.3 is 5.97 Å². The molecule has 1 unspecified atom stereocenters. The van der Waals surface area contributed by atoms with Gasteiger partial charge in [-0.15, -0.1) is 0 Å². The third-order valence-corrected chi connectivity index (χ3v) is 2.24. The summed E-state index contributed by atoms with van der Waals surface area (Å²) >= 11 is 0. The van der Waals surface area contributed by atoms with E-state index in [9.17, 15) is 4.79 Å².